The van der Waals surface area contributed by atoms with Crippen LogP contribution in [0.3, 0.4) is 0 Å². The van der Waals surface area contributed by atoms with Crippen molar-refractivity contribution in [2.75, 3.05) is 31.6 Å². The summed E-state index contributed by atoms with van der Waals surface area (Å²) in [5.74, 6) is 1.34. The molecule has 138 valence electrons. The van der Waals surface area contributed by atoms with Crippen LogP contribution in [0.15, 0.2) is 24.3 Å². The molecule has 1 aliphatic heterocycles. The molecule has 1 saturated carbocycles. The highest BCUT2D eigenvalue weighted by Crippen LogP contribution is 2.31. The van der Waals surface area contributed by atoms with Crippen molar-refractivity contribution in [2.24, 2.45) is 5.92 Å². The number of nitrogens with zero attached hydrogens (tertiary/aromatic N) is 1. The third kappa shape index (κ3) is 4.78. The molecule has 1 unspecified atom stereocenters. The van der Waals surface area contributed by atoms with Gasteiger partial charge in [0.2, 0.25) is 0 Å². The molecular formula is C19H29N3O3. The van der Waals surface area contributed by atoms with E-state index in [9.17, 15) is 9.90 Å². The summed E-state index contributed by atoms with van der Waals surface area (Å²) >= 11 is 0. The molecule has 6 nitrogen and oxygen atoms in total. The minimum atomic E-state index is -0.194. The Kier molecular flexibility index (Phi) is 6.02. The molecule has 1 saturated heterocycles. The van der Waals surface area contributed by atoms with E-state index < -0.39 is 0 Å². The van der Waals surface area contributed by atoms with Crippen LogP contribution in [-0.4, -0.2) is 50.0 Å². The van der Waals surface area contributed by atoms with Crippen molar-refractivity contribution in [1.82, 2.24) is 10.6 Å². The Balaban J connectivity index is 1.42. The van der Waals surface area contributed by atoms with Crippen molar-refractivity contribution < 1.29 is 14.6 Å². The van der Waals surface area contributed by atoms with Gasteiger partial charge < -0.3 is 25.4 Å². The fourth-order valence-electron chi connectivity index (χ4n) is 3.80. The summed E-state index contributed by atoms with van der Waals surface area (Å²) in [5, 5.41) is 15.6. The largest absolute Gasteiger partial charge is 0.495 e. The maximum atomic E-state index is 12.1. The van der Waals surface area contributed by atoms with Gasteiger partial charge in [0.1, 0.15) is 5.75 Å². The molecule has 1 atom stereocenters. The Labute approximate surface area is 149 Å². The first-order chi connectivity index (χ1) is 12.2. The number of carbonyl (C=O) groups excluding carboxylic acids is 1. The Hall–Kier alpha value is -1.95. The Morgan fingerprint density at radius 2 is 2.00 bits per heavy atom. The molecule has 2 aliphatic rings. The van der Waals surface area contributed by atoms with Gasteiger partial charge in [-0.2, -0.15) is 0 Å². The van der Waals surface area contributed by atoms with Crippen LogP contribution < -0.4 is 20.3 Å². The third-order valence-electron chi connectivity index (χ3n) is 5.29. The Morgan fingerprint density at radius 3 is 2.76 bits per heavy atom. The smallest absolute Gasteiger partial charge is 0.315 e. The molecule has 1 heterocycles. The molecule has 0 aromatic heterocycles. The summed E-state index contributed by atoms with van der Waals surface area (Å²) in [6.45, 7) is 2.60. The van der Waals surface area contributed by atoms with Gasteiger partial charge >= 0.3 is 6.03 Å². The minimum Gasteiger partial charge on any atom is -0.495 e. The second-order valence-corrected chi connectivity index (χ2v) is 7.13. The van der Waals surface area contributed by atoms with Gasteiger partial charge in [-0.3, -0.25) is 0 Å². The van der Waals surface area contributed by atoms with Crippen molar-refractivity contribution in [3.63, 3.8) is 0 Å². The van der Waals surface area contributed by atoms with E-state index in [1.165, 1.54) is 0 Å². The van der Waals surface area contributed by atoms with E-state index in [1.54, 1.807) is 7.11 Å². The zero-order valence-corrected chi connectivity index (χ0v) is 14.9. The van der Waals surface area contributed by atoms with Crippen LogP contribution in [-0.2, 0) is 0 Å². The first-order valence-corrected chi connectivity index (χ1v) is 9.26. The number of ether oxygens (including phenoxy) is 1. The molecule has 2 amide bonds. The quantitative estimate of drug-likeness (QED) is 0.763. The standard InChI is InChI=1S/C19H29N3O3/c1-25-18-5-3-2-4-17(18)22-11-10-14(13-22)12-20-19(24)21-15-6-8-16(23)9-7-15/h2-5,14-16,23H,6-13H2,1H3,(H2,20,21,24). The fraction of sp³-hybridized carbons (Fsp3) is 0.632. The van der Waals surface area contributed by atoms with Crippen molar-refractivity contribution in [3.8, 4) is 5.75 Å². The minimum absolute atomic E-state index is 0.0860. The van der Waals surface area contributed by atoms with Crippen molar-refractivity contribution in [1.29, 1.82) is 0 Å². The highest BCUT2D eigenvalue weighted by Gasteiger charge is 2.25. The van der Waals surface area contributed by atoms with Gasteiger partial charge in [-0.15, -0.1) is 0 Å². The fourth-order valence-corrected chi connectivity index (χ4v) is 3.80. The lowest BCUT2D eigenvalue weighted by Crippen LogP contribution is -2.45. The molecule has 25 heavy (non-hydrogen) atoms. The lowest BCUT2D eigenvalue weighted by Gasteiger charge is -2.26. The van der Waals surface area contributed by atoms with Gasteiger partial charge in [0.25, 0.3) is 0 Å². The summed E-state index contributed by atoms with van der Waals surface area (Å²) in [7, 11) is 1.70. The molecule has 1 aliphatic carbocycles. The molecule has 0 spiro atoms. The number of amides is 2. The van der Waals surface area contributed by atoms with Gasteiger partial charge in [-0.05, 0) is 50.2 Å². The molecule has 1 aromatic carbocycles. The number of rotatable bonds is 5. The highest BCUT2D eigenvalue weighted by atomic mass is 16.5. The predicted molar refractivity (Wildman–Crippen MR) is 98.1 cm³/mol. The van der Waals surface area contributed by atoms with Gasteiger partial charge in [-0.25, -0.2) is 4.79 Å². The van der Waals surface area contributed by atoms with Gasteiger partial charge in [0, 0.05) is 25.7 Å². The summed E-state index contributed by atoms with van der Waals surface area (Å²) in [4.78, 5) is 14.4. The highest BCUT2D eigenvalue weighted by molar-refractivity contribution is 5.74. The molecule has 0 bridgehead atoms. The number of hydrogen-bond acceptors (Lipinski definition) is 4. The van der Waals surface area contributed by atoms with E-state index in [0.29, 0.717) is 12.5 Å². The van der Waals surface area contributed by atoms with E-state index in [2.05, 4.69) is 21.6 Å². The third-order valence-corrected chi connectivity index (χ3v) is 5.29. The monoisotopic (exact) mass is 347 g/mol. The van der Waals surface area contributed by atoms with E-state index in [4.69, 9.17) is 4.74 Å². The Morgan fingerprint density at radius 1 is 1.24 bits per heavy atom. The van der Waals surface area contributed by atoms with E-state index >= 15 is 0 Å². The van der Waals surface area contributed by atoms with Crippen LogP contribution in [0.5, 0.6) is 5.75 Å². The summed E-state index contributed by atoms with van der Waals surface area (Å²) in [6, 6.07) is 8.17. The lowest BCUT2D eigenvalue weighted by atomic mass is 9.93. The molecule has 0 radical (unpaired) electrons. The number of hydrogen-bond donors (Lipinski definition) is 3. The topological polar surface area (TPSA) is 73.8 Å². The molecule has 2 fully saturated rings. The Bertz CT molecular complexity index is 573. The summed E-state index contributed by atoms with van der Waals surface area (Å²) in [6.07, 6.45) is 4.15. The zero-order valence-electron chi connectivity index (χ0n) is 14.9. The summed E-state index contributed by atoms with van der Waals surface area (Å²) < 4.78 is 5.44. The number of carbonyl (C=O) groups is 1. The number of nitrogens with one attached hydrogen (secondary N) is 2. The normalized spacial score (nSPS) is 26.3. The van der Waals surface area contributed by atoms with E-state index in [-0.39, 0.29) is 18.2 Å². The molecule has 3 rings (SSSR count). The molecule has 6 heteroatoms. The average Bonchev–Trinajstić information content (AvgIpc) is 3.11. The number of aliphatic hydroxyl groups is 1. The number of anilines is 1. The molecule has 3 N–H and O–H groups in total. The van der Waals surface area contributed by atoms with Gasteiger partial charge in [-0.1, -0.05) is 12.1 Å². The zero-order chi connectivity index (χ0) is 17.6. The maximum Gasteiger partial charge on any atom is 0.315 e. The number of benzene rings is 1. The number of urea groups is 1. The van der Waals surface area contributed by atoms with Crippen LogP contribution >= 0.6 is 0 Å². The van der Waals surface area contributed by atoms with Crippen LogP contribution in [0.25, 0.3) is 0 Å². The SMILES string of the molecule is COc1ccccc1N1CCC(CNC(=O)NC2CCC(O)CC2)C1. The molecule has 1 aromatic rings. The van der Waals surface area contributed by atoms with Crippen molar-refractivity contribution in [3.05, 3.63) is 24.3 Å². The van der Waals surface area contributed by atoms with Gasteiger partial charge in [0.15, 0.2) is 0 Å². The first kappa shape index (κ1) is 17.9. The van der Waals surface area contributed by atoms with Crippen LogP contribution in [0.4, 0.5) is 10.5 Å². The number of methoxy groups -OCH3 is 1. The number of para-hydroxylation sites is 2. The average molecular weight is 347 g/mol. The van der Waals surface area contributed by atoms with Crippen LogP contribution in [0, 0.1) is 5.92 Å². The van der Waals surface area contributed by atoms with Crippen molar-refractivity contribution >= 4 is 11.7 Å². The number of aliphatic hydroxyl groups excluding tert-OH is 1. The second-order valence-electron chi connectivity index (χ2n) is 7.13. The summed E-state index contributed by atoms with van der Waals surface area (Å²) in [5.41, 5.74) is 1.12. The predicted octanol–water partition coefficient (Wildman–Crippen LogP) is 2.12. The van der Waals surface area contributed by atoms with Crippen LogP contribution in [0.1, 0.15) is 32.1 Å². The van der Waals surface area contributed by atoms with E-state index in [0.717, 1.165) is 56.6 Å². The lowest BCUT2D eigenvalue weighted by molar-refractivity contribution is 0.117. The first-order valence-electron chi connectivity index (χ1n) is 9.26. The van der Waals surface area contributed by atoms with Gasteiger partial charge in [0.05, 0.1) is 18.9 Å². The van der Waals surface area contributed by atoms with E-state index in [1.807, 2.05) is 18.2 Å². The maximum absolute atomic E-state index is 12.1. The second kappa shape index (κ2) is 8.43. The van der Waals surface area contributed by atoms with Crippen LogP contribution in [0.2, 0.25) is 0 Å². The van der Waals surface area contributed by atoms with Crippen molar-refractivity contribution in [2.45, 2.75) is 44.2 Å². The molecular weight excluding hydrogens is 318 g/mol.